The van der Waals surface area contributed by atoms with Crippen LogP contribution in [-0.4, -0.2) is 61.4 Å². The number of nitrogens with one attached hydrogen (secondary N) is 3. The lowest BCUT2D eigenvalue weighted by Crippen LogP contribution is -2.34. The lowest BCUT2D eigenvalue weighted by Gasteiger charge is -2.23. The lowest BCUT2D eigenvalue weighted by atomic mass is 10.1. The number of H-pyrrole nitrogens is 2. The number of halogens is 1. The van der Waals surface area contributed by atoms with E-state index in [0.29, 0.717) is 39.6 Å². The van der Waals surface area contributed by atoms with Crippen molar-refractivity contribution in [2.24, 2.45) is 0 Å². The van der Waals surface area contributed by atoms with E-state index in [1.807, 2.05) is 18.2 Å². The Morgan fingerprint density at radius 2 is 1.75 bits per heavy atom. The molecule has 1 fully saturated rings. The lowest BCUT2D eigenvalue weighted by molar-refractivity contribution is 0.162. The fourth-order valence-corrected chi connectivity index (χ4v) is 5.09. The van der Waals surface area contributed by atoms with Crippen LogP contribution in [-0.2, 0) is 0 Å². The highest BCUT2D eigenvalue weighted by atomic mass is 19.1. The normalized spacial score (nSPS) is 14.2. The molecule has 1 aromatic carbocycles. The summed E-state index contributed by atoms with van der Waals surface area (Å²) in [5.41, 5.74) is 5.55. The van der Waals surface area contributed by atoms with Gasteiger partial charge in [0, 0.05) is 41.3 Å². The first-order chi connectivity index (χ1) is 19.6. The minimum Gasteiger partial charge on any atom is -0.497 e. The molecule has 0 unspecified atom stereocenters. The maximum Gasteiger partial charge on any atom is 0.181 e. The number of nitrogens with zero attached hydrogens (tertiary/aromatic N) is 5. The Balaban J connectivity index is 1.26. The van der Waals surface area contributed by atoms with Crippen molar-refractivity contribution in [3.05, 3.63) is 67.0 Å². The highest BCUT2D eigenvalue weighted by Crippen LogP contribution is 2.33. The molecule has 1 aliphatic rings. The minimum atomic E-state index is -0.392. The largest absolute Gasteiger partial charge is 0.497 e. The summed E-state index contributed by atoms with van der Waals surface area (Å²) in [5.74, 6) is 1.32. The van der Waals surface area contributed by atoms with E-state index in [2.05, 4.69) is 35.5 Å². The predicted molar refractivity (Wildman–Crippen MR) is 148 cm³/mol. The molecule has 0 amide bonds. The summed E-state index contributed by atoms with van der Waals surface area (Å²) in [6.07, 6.45) is 9.08. The molecular formula is C29H25FN8O2. The zero-order valence-electron chi connectivity index (χ0n) is 21.6. The summed E-state index contributed by atoms with van der Waals surface area (Å²) in [6.45, 7) is 1.91. The van der Waals surface area contributed by atoms with Crippen LogP contribution in [0.5, 0.6) is 11.5 Å². The molecular weight excluding hydrogens is 511 g/mol. The van der Waals surface area contributed by atoms with Gasteiger partial charge in [-0.3, -0.25) is 10.1 Å². The van der Waals surface area contributed by atoms with Gasteiger partial charge in [-0.25, -0.2) is 19.3 Å². The van der Waals surface area contributed by atoms with Crippen LogP contribution in [0.4, 0.5) is 4.39 Å². The number of benzene rings is 1. The smallest absolute Gasteiger partial charge is 0.181 e. The second kappa shape index (κ2) is 10.0. The molecule has 5 aromatic heterocycles. The van der Waals surface area contributed by atoms with E-state index in [-0.39, 0.29) is 6.10 Å². The first-order valence-corrected chi connectivity index (χ1v) is 13.0. The number of hydrogen-bond donors (Lipinski definition) is 3. The minimum absolute atomic E-state index is 0.180. The zero-order chi connectivity index (χ0) is 27.1. The topological polar surface area (TPSA) is 127 Å². The van der Waals surface area contributed by atoms with Gasteiger partial charge in [0.15, 0.2) is 17.1 Å². The van der Waals surface area contributed by atoms with Gasteiger partial charge in [-0.15, -0.1) is 0 Å². The maximum absolute atomic E-state index is 14.3. The van der Waals surface area contributed by atoms with E-state index < -0.39 is 5.82 Å². The molecule has 0 saturated carbocycles. The van der Waals surface area contributed by atoms with Crippen LogP contribution in [0.3, 0.4) is 0 Å². The molecule has 0 bridgehead atoms. The molecule has 0 atom stereocenters. The van der Waals surface area contributed by atoms with Crippen LogP contribution in [0.25, 0.3) is 56.0 Å². The van der Waals surface area contributed by atoms with E-state index >= 15 is 0 Å². The first kappa shape index (κ1) is 24.2. The second-order valence-corrected chi connectivity index (χ2v) is 9.69. The quantitative estimate of drug-likeness (QED) is 0.274. The van der Waals surface area contributed by atoms with E-state index in [1.165, 1.54) is 19.2 Å². The Labute approximate surface area is 228 Å². The fraction of sp³-hybridized carbons (Fsp3) is 0.207. The molecule has 11 heteroatoms. The molecule has 6 heterocycles. The molecule has 7 rings (SSSR count). The summed E-state index contributed by atoms with van der Waals surface area (Å²) in [5, 5.41) is 11.6. The van der Waals surface area contributed by atoms with Gasteiger partial charge in [0.2, 0.25) is 0 Å². The third kappa shape index (κ3) is 4.50. The number of aromatic amines is 2. The number of piperidine rings is 1. The molecule has 1 saturated heterocycles. The molecule has 40 heavy (non-hydrogen) atoms. The van der Waals surface area contributed by atoms with Crippen molar-refractivity contribution in [3.8, 4) is 45.3 Å². The molecule has 10 nitrogen and oxygen atoms in total. The van der Waals surface area contributed by atoms with Crippen molar-refractivity contribution in [1.29, 1.82) is 0 Å². The molecule has 6 aromatic rings. The number of hydrogen-bond acceptors (Lipinski definition) is 8. The average molecular weight is 537 g/mol. The Morgan fingerprint density at radius 1 is 0.900 bits per heavy atom. The van der Waals surface area contributed by atoms with E-state index in [4.69, 9.17) is 14.5 Å². The fourth-order valence-electron chi connectivity index (χ4n) is 5.09. The number of pyridine rings is 3. The Kier molecular flexibility index (Phi) is 6.05. The standard InChI is InChI=1S/C29H25FN8O2/c1-39-21-9-16(8-19(30)12-21)23-4-7-33-28-25(23)35-29(36-28)26-24-11-18(14-34-27(24)38-37-26)17-10-22(15-32-13-17)40-20-2-5-31-6-3-20/h4,7-15,20,31H,2-3,5-6H2,1H3,(H,33,35,36)(H,34,37,38). The molecule has 0 spiro atoms. The van der Waals surface area contributed by atoms with Gasteiger partial charge in [0.25, 0.3) is 0 Å². The van der Waals surface area contributed by atoms with Gasteiger partial charge in [-0.1, -0.05) is 0 Å². The monoisotopic (exact) mass is 536 g/mol. The number of aromatic nitrogens is 7. The highest BCUT2D eigenvalue weighted by Gasteiger charge is 2.18. The number of fused-ring (bicyclic) bond motifs is 2. The summed E-state index contributed by atoms with van der Waals surface area (Å²) in [4.78, 5) is 21.5. The van der Waals surface area contributed by atoms with E-state index in [9.17, 15) is 4.39 Å². The predicted octanol–water partition coefficient (Wildman–Crippen LogP) is 4.90. The van der Waals surface area contributed by atoms with Crippen molar-refractivity contribution >= 4 is 22.2 Å². The maximum atomic E-state index is 14.3. The molecule has 0 aliphatic carbocycles. The van der Waals surface area contributed by atoms with Gasteiger partial charge in [-0.05, 0) is 61.8 Å². The summed E-state index contributed by atoms with van der Waals surface area (Å²) >= 11 is 0. The van der Waals surface area contributed by atoms with Crippen molar-refractivity contribution in [2.75, 3.05) is 20.2 Å². The SMILES string of the molecule is COc1cc(F)cc(-c2ccnc3nc(-c4[nH]nc5ncc(-c6cncc(OC7CCNCC7)c6)cc45)[nH]c23)c1. The molecule has 3 N–H and O–H groups in total. The third-order valence-electron chi connectivity index (χ3n) is 7.09. The third-order valence-corrected chi connectivity index (χ3v) is 7.09. The Morgan fingerprint density at radius 3 is 2.62 bits per heavy atom. The summed E-state index contributed by atoms with van der Waals surface area (Å²) in [6, 6.07) is 10.4. The summed E-state index contributed by atoms with van der Waals surface area (Å²) < 4.78 is 25.7. The van der Waals surface area contributed by atoms with E-state index in [0.717, 1.165) is 53.8 Å². The first-order valence-electron chi connectivity index (χ1n) is 13.0. The average Bonchev–Trinajstić information content (AvgIpc) is 3.61. The highest BCUT2D eigenvalue weighted by molar-refractivity contribution is 5.96. The zero-order valence-corrected chi connectivity index (χ0v) is 21.6. The van der Waals surface area contributed by atoms with Crippen molar-refractivity contribution in [1.82, 2.24) is 40.4 Å². The van der Waals surface area contributed by atoms with Crippen molar-refractivity contribution in [2.45, 2.75) is 18.9 Å². The van der Waals surface area contributed by atoms with Crippen LogP contribution >= 0.6 is 0 Å². The van der Waals surface area contributed by atoms with Crippen LogP contribution < -0.4 is 14.8 Å². The molecule has 0 radical (unpaired) electrons. The second-order valence-electron chi connectivity index (χ2n) is 9.69. The van der Waals surface area contributed by atoms with E-state index in [1.54, 1.807) is 30.9 Å². The van der Waals surface area contributed by atoms with Crippen LogP contribution in [0.1, 0.15) is 12.8 Å². The van der Waals surface area contributed by atoms with Crippen LogP contribution in [0, 0.1) is 5.82 Å². The number of ether oxygens (including phenoxy) is 2. The molecule has 1 aliphatic heterocycles. The van der Waals surface area contributed by atoms with Crippen molar-refractivity contribution < 1.29 is 13.9 Å². The van der Waals surface area contributed by atoms with Crippen LogP contribution in [0.15, 0.2) is 61.2 Å². The van der Waals surface area contributed by atoms with Gasteiger partial charge < -0.3 is 19.8 Å². The van der Waals surface area contributed by atoms with Gasteiger partial charge in [0.05, 0.1) is 24.2 Å². The van der Waals surface area contributed by atoms with Gasteiger partial charge in [0.1, 0.15) is 29.1 Å². The molecule has 200 valence electrons. The van der Waals surface area contributed by atoms with Crippen molar-refractivity contribution in [3.63, 3.8) is 0 Å². The van der Waals surface area contributed by atoms with Crippen LogP contribution in [0.2, 0.25) is 0 Å². The Bertz CT molecular complexity index is 1840. The summed E-state index contributed by atoms with van der Waals surface area (Å²) in [7, 11) is 1.51. The van der Waals surface area contributed by atoms with Gasteiger partial charge in [-0.2, -0.15) is 5.10 Å². The number of imidazole rings is 1. The van der Waals surface area contributed by atoms with Gasteiger partial charge >= 0.3 is 0 Å². The Hall–Kier alpha value is -4.90. The number of methoxy groups -OCH3 is 1. The number of rotatable bonds is 6.